The number of benzene rings is 1. The molecule has 0 bridgehead atoms. The molecule has 1 aliphatic heterocycles. The number of aryl methyl sites for hydroxylation is 1. The summed E-state index contributed by atoms with van der Waals surface area (Å²) in [4.78, 5) is 17.3. The van der Waals surface area contributed by atoms with Crippen LogP contribution in [0.25, 0.3) is 22.5 Å². The number of aromatic nitrogens is 3. The molecule has 1 saturated heterocycles. The highest BCUT2D eigenvalue weighted by Crippen LogP contribution is 2.23. The highest BCUT2D eigenvalue weighted by atomic mass is 16.5. The molecule has 1 fully saturated rings. The molecule has 1 amide bonds. The Morgan fingerprint density at radius 1 is 1.36 bits per heavy atom. The Bertz CT molecular complexity index is 846. The minimum Gasteiger partial charge on any atom is -0.419 e. The van der Waals surface area contributed by atoms with Gasteiger partial charge < -0.3 is 19.0 Å². The molecular formula is C18H20N4O3. The number of nitrogens with one attached hydrogen (secondary N) is 1. The minimum absolute atomic E-state index is 0.0702. The molecule has 7 nitrogen and oxygen atoms in total. The summed E-state index contributed by atoms with van der Waals surface area (Å²) < 4.78 is 11.0. The molecule has 25 heavy (non-hydrogen) atoms. The number of fused-ring (bicyclic) bond motifs is 1. The van der Waals surface area contributed by atoms with Crippen LogP contribution in [0.15, 0.2) is 34.7 Å². The number of amides is 1. The van der Waals surface area contributed by atoms with Crippen LogP contribution in [0.4, 0.5) is 0 Å². The average Bonchev–Trinajstić information content (AvgIpc) is 3.38. The van der Waals surface area contributed by atoms with Gasteiger partial charge >= 0.3 is 0 Å². The minimum atomic E-state index is 0.0702. The predicted octanol–water partition coefficient (Wildman–Crippen LogP) is 2.40. The summed E-state index contributed by atoms with van der Waals surface area (Å²) in [7, 11) is 1.82. The molecule has 2 aromatic heterocycles. The molecule has 1 aliphatic rings. The zero-order chi connectivity index (χ0) is 17.2. The monoisotopic (exact) mass is 340 g/mol. The van der Waals surface area contributed by atoms with E-state index in [4.69, 9.17) is 9.15 Å². The average molecular weight is 340 g/mol. The fraction of sp³-hybridized carbons (Fsp3) is 0.389. The van der Waals surface area contributed by atoms with Crippen molar-refractivity contribution < 1.29 is 13.9 Å². The van der Waals surface area contributed by atoms with Crippen molar-refractivity contribution in [3.63, 3.8) is 0 Å². The maximum Gasteiger partial charge on any atom is 0.264 e. The first-order chi connectivity index (χ1) is 12.2. The topological polar surface area (TPSA) is 84.3 Å². The van der Waals surface area contributed by atoms with E-state index in [-0.39, 0.29) is 11.9 Å². The highest BCUT2D eigenvalue weighted by molar-refractivity contribution is 5.84. The number of H-pyrrole nitrogens is 1. The Balaban J connectivity index is 1.40. The summed E-state index contributed by atoms with van der Waals surface area (Å²) in [6, 6.07) is 10.1. The molecule has 7 heteroatoms. The second kappa shape index (κ2) is 6.68. The normalized spacial score (nSPS) is 17.2. The molecule has 0 spiro atoms. The van der Waals surface area contributed by atoms with Crippen molar-refractivity contribution in [1.82, 2.24) is 20.1 Å². The van der Waals surface area contributed by atoms with Gasteiger partial charge in [-0.15, -0.1) is 10.2 Å². The van der Waals surface area contributed by atoms with Gasteiger partial charge in [-0.3, -0.25) is 4.79 Å². The number of hydrogen-bond donors (Lipinski definition) is 1. The van der Waals surface area contributed by atoms with Crippen LogP contribution in [0, 0.1) is 0 Å². The van der Waals surface area contributed by atoms with E-state index in [2.05, 4.69) is 15.2 Å². The van der Waals surface area contributed by atoms with Crippen molar-refractivity contribution in [2.75, 3.05) is 20.3 Å². The summed E-state index contributed by atoms with van der Waals surface area (Å²) in [5.41, 5.74) is 1.80. The van der Waals surface area contributed by atoms with Gasteiger partial charge in [0.25, 0.3) is 5.89 Å². The van der Waals surface area contributed by atoms with E-state index in [0.29, 0.717) is 31.2 Å². The number of carbonyl (C=O) groups is 1. The summed E-state index contributed by atoms with van der Waals surface area (Å²) in [5.74, 6) is 0.982. The molecular weight excluding hydrogens is 320 g/mol. The molecule has 0 saturated carbocycles. The number of aromatic amines is 1. The molecule has 3 aromatic rings. The molecule has 1 atom stereocenters. The van der Waals surface area contributed by atoms with Crippen LogP contribution in [0.3, 0.4) is 0 Å². The SMILES string of the molecule is CN(C(=O)CCc1nnc(-c2cc3ccccc3[nH]2)o1)[C@@H]1CCOC1. The van der Waals surface area contributed by atoms with Crippen LogP contribution in [-0.2, 0) is 16.0 Å². The van der Waals surface area contributed by atoms with Crippen molar-refractivity contribution in [1.29, 1.82) is 0 Å². The molecule has 3 heterocycles. The summed E-state index contributed by atoms with van der Waals surface area (Å²) in [5, 5.41) is 9.24. The van der Waals surface area contributed by atoms with Crippen molar-refractivity contribution in [2.45, 2.75) is 25.3 Å². The molecule has 0 aliphatic carbocycles. The van der Waals surface area contributed by atoms with Crippen molar-refractivity contribution in [2.24, 2.45) is 0 Å². The summed E-state index contributed by atoms with van der Waals surface area (Å²) >= 11 is 0. The van der Waals surface area contributed by atoms with Crippen LogP contribution >= 0.6 is 0 Å². The van der Waals surface area contributed by atoms with Gasteiger partial charge in [0.2, 0.25) is 11.8 Å². The van der Waals surface area contributed by atoms with Crippen molar-refractivity contribution in [3.05, 3.63) is 36.2 Å². The summed E-state index contributed by atoms with van der Waals surface area (Å²) in [6.07, 6.45) is 1.68. The largest absolute Gasteiger partial charge is 0.419 e. The Morgan fingerprint density at radius 2 is 2.24 bits per heavy atom. The number of rotatable bonds is 5. The van der Waals surface area contributed by atoms with Gasteiger partial charge in [-0.25, -0.2) is 0 Å². The summed E-state index contributed by atoms with van der Waals surface area (Å²) in [6.45, 7) is 1.34. The maximum absolute atomic E-state index is 12.3. The lowest BCUT2D eigenvalue weighted by molar-refractivity contribution is -0.132. The Labute approximate surface area is 145 Å². The van der Waals surface area contributed by atoms with Gasteiger partial charge in [-0.2, -0.15) is 0 Å². The predicted molar refractivity (Wildman–Crippen MR) is 91.9 cm³/mol. The Kier molecular flexibility index (Phi) is 4.23. The number of nitrogens with zero attached hydrogens (tertiary/aromatic N) is 3. The van der Waals surface area contributed by atoms with Gasteiger partial charge in [0.15, 0.2) is 0 Å². The molecule has 130 valence electrons. The number of likely N-dealkylation sites (N-methyl/N-ethyl adjacent to an activating group) is 1. The molecule has 0 radical (unpaired) electrons. The lowest BCUT2D eigenvalue weighted by atomic mass is 10.2. The zero-order valence-corrected chi connectivity index (χ0v) is 14.1. The number of carbonyl (C=O) groups excluding carboxylic acids is 1. The molecule has 1 aromatic carbocycles. The van der Waals surface area contributed by atoms with Crippen LogP contribution < -0.4 is 0 Å². The smallest absolute Gasteiger partial charge is 0.264 e. The molecule has 0 unspecified atom stereocenters. The van der Waals surface area contributed by atoms with E-state index >= 15 is 0 Å². The third-order valence-electron chi connectivity index (χ3n) is 4.63. The first kappa shape index (κ1) is 15.8. The van der Waals surface area contributed by atoms with Crippen LogP contribution in [-0.4, -0.2) is 52.3 Å². The van der Waals surface area contributed by atoms with Gasteiger partial charge in [-0.05, 0) is 18.6 Å². The van der Waals surface area contributed by atoms with Gasteiger partial charge in [-0.1, -0.05) is 18.2 Å². The van der Waals surface area contributed by atoms with Gasteiger partial charge in [0.05, 0.1) is 12.6 Å². The van der Waals surface area contributed by atoms with Crippen LogP contribution in [0.2, 0.25) is 0 Å². The number of para-hydroxylation sites is 1. The Hall–Kier alpha value is -2.67. The Morgan fingerprint density at radius 3 is 3.04 bits per heavy atom. The zero-order valence-electron chi connectivity index (χ0n) is 14.1. The van der Waals surface area contributed by atoms with E-state index in [9.17, 15) is 4.79 Å². The van der Waals surface area contributed by atoms with E-state index in [1.807, 2.05) is 37.4 Å². The molecule has 1 N–H and O–H groups in total. The second-order valence-electron chi connectivity index (χ2n) is 6.29. The van der Waals surface area contributed by atoms with Crippen LogP contribution in [0.5, 0.6) is 0 Å². The lowest BCUT2D eigenvalue weighted by Crippen LogP contribution is -2.37. The van der Waals surface area contributed by atoms with Crippen molar-refractivity contribution >= 4 is 16.8 Å². The van der Waals surface area contributed by atoms with Gasteiger partial charge in [0, 0.05) is 37.4 Å². The quantitative estimate of drug-likeness (QED) is 0.771. The van der Waals surface area contributed by atoms with Crippen molar-refractivity contribution in [3.8, 4) is 11.6 Å². The third-order valence-corrected chi connectivity index (χ3v) is 4.63. The fourth-order valence-electron chi connectivity index (χ4n) is 3.07. The van der Waals surface area contributed by atoms with E-state index in [0.717, 1.165) is 29.6 Å². The number of hydrogen-bond acceptors (Lipinski definition) is 5. The number of ether oxygens (including phenoxy) is 1. The van der Waals surface area contributed by atoms with E-state index < -0.39 is 0 Å². The van der Waals surface area contributed by atoms with E-state index in [1.165, 1.54) is 0 Å². The third kappa shape index (κ3) is 3.28. The standard InChI is InChI=1S/C18H20N4O3/c1-22(13-8-9-24-11-13)17(23)7-6-16-20-21-18(25-16)15-10-12-4-2-3-5-14(12)19-15/h2-5,10,13,19H,6-9,11H2,1H3/t13-/m1/s1. The first-order valence-corrected chi connectivity index (χ1v) is 8.44. The second-order valence-corrected chi connectivity index (χ2v) is 6.29. The molecule has 4 rings (SSSR count). The maximum atomic E-state index is 12.3. The fourth-order valence-corrected chi connectivity index (χ4v) is 3.07. The van der Waals surface area contributed by atoms with E-state index in [1.54, 1.807) is 4.90 Å². The first-order valence-electron chi connectivity index (χ1n) is 8.44. The lowest BCUT2D eigenvalue weighted by Gasteiger charge is -2.22. The van der Waals surface area contributed by atoms with Crippen LogP contribution in [0.1, 0.15) is 18.7 Å². The highest BCUT2D eigenvalue weighted by Gasteiger charge is 2.24. The van der Waals surface area contributed by atoms with Gasteiger partial charge in [0.1, 0.15) is 5.69 Å².